The van der Waals surface area contributed by atoms with E-state index in [0.29, 0.717) is 18.0 Å². The third-order valence-corrected chi connectivity index (χ3v) is 8.32. The topological polar surface area (TPSA) is 84.6 Å². The fourth-order valence-corrected chi connectivity index (χ4v) is 5.73. The molecule has 3 aliphatic rings. The van der Waals surface area contributed by atoms with E-state index in [4.69, 9.17) is 14.7 Å². The minimum Gasteiger partial charge on any atom is -0.494 e. The van der Waals surface area contributed by atoms with Crippen LogP contribution in [0.4, 0.5) is 23.1 Å². The highest BCUT2D eigenvalue weighted by molar-refractivity contribution is 9.10. The minimum atomic E-state index is 0.493. The third-order valence-electron chi connectivity index (χ3n) is 7.71. The summed E-state index contributed by atoms with van der Waals surface area (Å²) in [7, 11) is 3.94. The summed E-state index contributed by atoms with van der Waals surface area (Å²) in [6.07, 6.45) is 6.68. The number of nitrogens with zero attached hydrogens (tertiary/aromatic N) is 5. The van der Waals surface area contributed by atoms with Gasteiger partial charge < -0.3 is 30.2 Å². The SMILES string of the molecule is COc1cc(N2CCC(N3CCN(C)CC3)CC2)ccc1Nc1nc(NC2CC2)c2[nH]cc(Br)c2n1. The molecule has 0 atom stereocenters. The van der Waals surface area contributed by atoms with E-state index in [0.717, 1.165) is 45.9 Å². The van der Waals surface area contributed by atoms with Gasteiger partial charge in [0.1, 0.15) is 16.8 Å². The van der Waals surface area contributed by atoms with E-state index in [-0.39, 0.29) is 0 Å². The van der Waals surface area contributed by atoms with Gasteiger partial charge in [-0.3, -0.25) is 4.90 Å². The Morgan fingerprint density at radius 2 is 1.81 bits per heavy atom. The van der Waals surface area contributed by atoms with Crippen LogP contribution in [0.1, 0.15) is 25.7 Å². The van der Waals surface area contributed by atoms with Crippen molar-refractivity contribution in [3.63, 3.8) is 0 Å². The lowest BCUT2D eigenvalue weighted by atomic mass is 10.0. The lowest BCUT2D eigenvalue weighted by Crippen LogP contribution is -2.52. The van der Waals surface area contributed by atoms with Crippen molar-refractivity contribution in [3.05, 3.63) is 28.9 Å². The van der Waals surface area contributed by atoms with Crippen molar-refractivity contribution in [2.45, 2.75) is 37.8 Å². The van der Waals surface area contributed by atoms with Crippen molar-refractivity contribution < 1.29 is 4.74 Å². The van der Waals surface area contributed by atoms with Gasteiger partial charge in [-0.25, -0.2) is 4.98 Å². The number of piperidine rings is 1. The number of nitrogens with one attached hydrogen (secondary N) is 3. The highest BCUT2D eigenvalue weighted by atomic mass is 79.9. The molecule has 3 fully saturated rings. The number of hydrogen-bond donors (Lipinski definition) is 3. The molecular weight excluding hydrogens is 520 g/mol. The van der Waals surface area contributed by atoms with Crippen LogP contribution in [0.2, 0.25) is 0 Å². The van der Waals surface area contributed by atoms with Gasteiger partial charge in [0, 0.05) is 69.3 Å². The summed E-state index contributed by atoms with van der Waals surface area (Å²) in [6, 6.07) is 7.58. The van der Waals surface area contributed by atoms with E-state index in [1.807, 2.05) is 6.20 Å². The van der Waals surface area contributed by atoms with E-state index in [9.17, 15) is 0 Å². The Morgan fingerprint density at radius 3 is 2.53 bits per heavy atom. The molecule has 1 aliphatic carbocycles. The molecule has 0 radical (unpaired) electrons. The Kier molecular flexibility index (Phi) is 6.66. The predicted molar refractivity (Wildman–Crippen MR) is 149 cm³/mol. The molecule has 0 amide bonds. The molecule has 6 rings (SSSR count). The smallest absolute Gasteiger partial charge is 0.230 e. The molecule has 0 bridgehead atoms. The number of benzene rings is 1. The van der Waals surface area contributed by atoms with Crippen molar-refractivity contribution in [2.75, 3.05) is 69.0 Å². The number of H-pyrrole nitrogens is 1. The number of methoxy groups -OCH3 is 1. The molecule has 10 heteroatoms. The Bertz CT molecular complexity index is 1210. The molecule has 2 saturated heterocycles. The highest BCUT2D eigenvalue weighted by Crippen LogP contribution is 2.35. The number of ether oxygens (including phenoxy) is 1. The van der Waals surface area contributed by atoms with Crippen molar-refractivity contribution in [2.24, 2.45) is 0 Å². The van der Waals surface area contributed by atoms with Gasteiger partial charge in [-0.15, -0.1) is 0 Å². The van der Waals surface area contributed by atoms with Gasteiger partial charge >= 0.3 is 0 Å². The molecule has 0 unspecified atom stereocenters. The molecular formula is C26H35BrN8O. The predicted octanol–water partition coefficient (Wildman–Crippen LogP) is 4.26. The molecule has 36 heavy (non-hydrogen) atoms. The van der Waals surface area contributed by atoms with Crippen LogP contribution in [0.25, 0.3) is 11.0 Å². The lowest BCUT2D eigenvalue weighted by molar-refractivity contribution is 0.0982. The van der Waals surface area contributed by atoms with E-state index < -0.39 is 0 Å². The number of anilines is 4. The number of piperazine rings is 1. The number of fused-ring (bicyclic) bond motifs is 1. The maximum absolute atomic E-state index is 5.79. The van der Waals surface area contributed by atoms with Gasteiger partial charge in [0.15, 0.2) is 5.82 Å². The van der Waals surface area contributed by atoms with Gasteiger partial charge in [0.05, 0.1) is 17.3 Å². The monoisotopic (exact) mass is 554 g/mol. The fraction of sp³-hybridized carbons (Fsp3) is 0.538. The van der Waals surface area contributed by atoms with Gasteiger partial charge in [-0.1, -0.05) is 0 Å². The van der Waals surface area contributed by atoms with Crippen LogP contribution in [-0.2, 0) is 0 Å². The zero-order valence-electron chi connectivity index (χ0n) is 21.1. The zero-order chi connectivity index (χ0) is 24.6. The van der Waals surface area contributed by atoms with Crippen LogP contribution in [-0.4, -0.2) is 90.3 Å². The first-order chi connectivity index (χ1) is 17.6. The third kappa shape index (κ3) is 4.99. The average Bonchev–Trinajstić information content (AvgIpc) is 3.65. The molecule has 2 aliphatic heterocycles. The van der Waals surface area contributed by atoms with Crippen molar-refractivity contribution in [1.82, 2.24) is 24.8 Å². The zero-order valence-corrected chi connectivity index (χ0v) is 22.6. The van der Waals surface area contributed by atoms with Crippen LogP contribution in [0, 0.1) is 0 Å². The summed E-state index contributed by atoms with van der Waals surface area (Å²) >= 11 is 3.60. The van der Waals surface area contributed by atoms with E-state index in [2.05, 4.69) is 71.5 Å². The first kappa shape index (κ1) is 23.8. The second-order valence-electron chi connectivity index (χ2n) is 10.2. The van der Waals surface area contributed by atoms with Crippen LogP contribution in [0.15, 0.2) is 28.9 Å². The summed E-state index contributed by atoms with van der Waals surface area (Å²) in [5.74, 6) is 2.17. The van der Waals surface area contributed by atoms with Crippen LogP contribution in [0.3, 0.4) is 0 Å². The van der Waals surface area contributed by atoms with Gasteiger partial charge in [-0.2, -0.15) is 4.98 Å². The van der Waals surface area contributed by atoms with Crippen LogP contribution in [0.5, 0.6) is 5.75 Å². The van der Waals surface area contributed by atoms with E-state index >= 15 is 0 Å². The van der Waals surface area contributed by atoms with Crippen LogP contribution >= 0.6 is 15.9 Å². The number of likely N-dealkylation sites (N-methyl/N-ethyl adjacent to an activating group) is 1. The van der Waals surface area contributed by atoms with Gasteiger partial charge in [0.25, 0.3) is 0 Å². The molecule has 3 N–H and O–H groups in total. The van der Waals surface area contributed by atoms with Crippen LogP contribution < -0.4 is 20.3 Å². The number of aromatic nitrogens is 3. The van der Waals surface area contributed by atoms with E-state index in [1.165, 1.54) is 57.5 Å². The molecule has 9 nitrogen and oxygen atoms in total. The lowest BCUT2D eigenvalue weighted by Gasteiger charge is -2.42. The average molecular weight is 556 g/mol. The summed E-state index contributed by atoms with van der Waals surface area (Å²) < 4.78 is 6.71. The Balaban J connectivity index is 1.16. The van der Waals surface area contributed by atoms with Gasteiger partial charge in [0.2, 0.25) is 5.95 Å². The fourth-order valence-electron chi connectivity index (χ4n) is 5.33. The first-order valence-corrected chi connectivity index (χ1v) is 13.8. The molecule has 192 valence electrons. The van der Waals surface area contributed by atoms with Crippen molar-refractivity contribution in [1.29, 1.82) is 0 Å². The standard InChI is InChI=1S/C26H35BrN8O/c1-33-11-13-35(14-12-33)18-7-9-34(10-8-18)19-5-6-21(22(15-19)36-2)30-26-31-23-20(27)16-28-24(23)25(32-26)29-17-3-4-17/h5-6,15-18,28H,3-4,7-14H2,1-2H3,(H2,29,30,31,32). The minimum absolute atomic E-state index is 0.493. The molecule has 4 heterocycles. The number of aromatic amines is 1. The molecule has 1 saturated carbocycles. The second-order valence-corrected chi connectivity index (χ2v) is 11.1. The largest absolute Gasteiger partial charge is 0.494 e. The molecule has 3 aromatic rings. The molecule has 1 aromatic carbocycles. The Morgan fingerprint density at radius 1 is 1.03 bits per heavy atom. The van der Waals surface area contributed by atoms with Crippen molar-refractivity contribution in [3.8, 4) is 5.75 Å². The number of halogens is 1. The summed E-state index contributed by atoms with van der Waals surface area (Å²) in [5.41, 5.74) is 3.84. The number of hydrogen-bond acceptors (Lipinski definition) is 8. The Labute approximate surface area is 220 Å². The summed E-state index contributed by atoms with van der Waals surface area (Å²) in [6.45, 7) is 6.90. The molecule has 0 spiro atoms. The normalized spacial score (nSPS) is 20.1. The maximum Gasteiger partial charge on any atom is 0.230 e. The first-order valence-electron chi connectivity index (χ1n) is 13.0. The molecule has 2 aromatic heterocycles. The van der Waals surface area contributed by atoms with Gasteiger partial charge in [-0.05, 0) is 60.8 Å². The van der Waals surface area contributed by atoms with E-state index in [1.54, 1.807) is 7.11 Å². The number of rotatable bonds is 7. The maximum atomic E-state index is 5.79. The van der Waals surface area contributed by atoms with Crippen molar-refractivity contribution >= 4 is 50.1 Å². The quantitative estimate of drug-likeness (QED) is 0.399. The summed E-state index contributed by atoms with van der Waals surface area (Å²) in [5, 5.41) is 6.92. The summed E-state index contributed by atoms with van der Waals surface area (Å²) in [4.78, 5) is 20.4. The second kappa shape index (κ2) is 10.1. The highest BCUT2D eigenvalue weighted by Gasteiger charge is 2.27. The Hall–Kier alpha value is -2.56.